The first-order valence-corrected chi connectivity index (χ1v) is 7.84. The molecule has 0 saturated carbocycles. The molecule has 2 atom stereocenters. The average molecular weight is 303 g/mol. The number of ether oxygens (including phenoxy) is 1. The van der Waals surface area contributed by atoms with Gasteiger partial charge in [0, 0.05) is 5.92 Å². The molecule has 0 N–H and O–H groups in total. The molecular weight excluding hydrogens is 278 g/mol. The van der Waals surface area contributed by atoms with Gasteiger partial charge in [-0.3, -0.25) is 4.79 Å². The number of carbonyl (C=O) groups is 2. The average Bonchev–Trinajstić information content (AvgIpc) is 2.68. The van der Waals surface area contributed by atoms with Gasteiger partial charge < -0.3 is 4.74 Å². The van der Waals surface area contributed by atoms with Crippen LogP contribution < -0.4 is 0 Å². The van der Waals surface area contributed by atoms with Crippen LogP contribution >= 0.6 is 0 Å². The van der Waals surface area contributed by atoms with Gasteiger partial charge in [-0.05, 0) is 31.7 Å². The Morgan fingerprint density at radius 1 is 1.23 bits per heavy atom. The molecule has 4 heteroatoms. The number of carbonyl (C=O) groups excluding carboxylic acids is 2. The third kappa shape index (κ3) is 3.16. The number of benzene rings is 1. The fourth-order valence-electron chi connectivity index (χ4n) is 3.38. The van der Waals surface area contributed by atoms with Gasteiger partial charge in [-0.2, -0.15) is 0 Å². The summed E-state index contributed by atoms with van der Waals surface area (Å²) in [5, 5.41) is 0. The Morgan fingerprint density at radius 2 is 1.82 bits per heavy atom. The molecule has 1 aromatic rings. The first-order chi connectivity index (χ1) is 10.2. The lowest BCUT2D eigenvalue weighted by molar-refractivity contribution is -0.134. The minimum Gasteiger partial charge on any atom is -0.441 e. The monoisotopic (exact) mass is 303 g/mol. The van der Waals surface area contributed by atoms with E-state index in [9.17, 15) is 9.59 Å². The molecule has 1 saturated heterocycles. The van der Waals surface area contributed by atoms with Crippen molar-refractivity contribution >= 4 is 12.0 Å². The third-order valence-corrected chi connectivity index (χ3v) is 4.21. The molecule has 1 aliphatic rings. The van der Waals surface area contributed by atoms with E-state index in [1.165, 1.54) is 4.90 Å². The molecule has 120 valence electrons. The lowest BCUT2D eigenvalue weighted by Crippen LogP contribution is -2.49. The van der Waals surface area contributed by atoms with Crippen molar-refractivity contribution in [2.45, 2.75) is 52.7 Å². The van der Waals surface area contributed by atoms with Crippen LogP contribution in [-0.2, 0) is 16.0 Å². The maximum atomic E-state index is 12.8. The number of nitrogens with zero attached hydrogens (tertiary/aromatic N) is 1. The molecule has 1 aromatic carbocycles. The van der Waals surface area contributed by atoms with Crippen LogP contribution in [-0.4, -0.2) is 28.5 Å². The smallest absolute Gasteiger partial charge is 0.417 e. The summed E-state index contributed by atoms with van der Waals surface area (Å²) in [7, 11) is 0. The molecular formula is C18H25NO3. The van der Waals surface area contributed by atoms with Gasteiger partial charge in [-0.25, -0.2) is 9.69 Å². The van der Waals surface area contributed by atoms with E-state index in [0.717, 1.165) is 5.56 Å². The van der Waals surface area contributed by atoms with Crippen LogP contribution in [0.25, 0.3) is 0 Å². The zero-order valence-corrected chi connectivity index (χ0v) is 14.0. The van der Waals surface area contributed by atoms with E-state index >= 15 is 0 Å². The molecule has 4 nitrogen and oxygen atoms in total. The molecule has 0 aromatic heterocycles. The van der Waals surface area contributed by atoms with E-state index in [1.807, 2.05) is 65.0 Å². The van der Waals surface area contributed by atoms with Crippen LogP contribution in [0.4, 0.5) is 4.79 Å². The molecule has 0 radical (unpaired) electrons. The van der Waals surface area contributed by atoms with Crippen molar-refractivity contribution in [1.29, 1.82) is 0 Å². The Labute approximate surface area is 132 Å². The van der Waals surface area contributed by atoms with Gasteiger partial charge in [0.05, 0.1) is 6.04 Å². The summed E-state index contributed by atoms with van der Waals surface area (Å²) in [5.74, 6) is -0.266. The zero-order chi connectivity index (χ0) is 16.5. The number of amides is 2. The van der Waals surface area contributed by atoms with Crippen molar-refractivity contribution in [2.75, 3.05) is 0 Å². The van der Waals surface area contributed by atoms with Crippen molar-refractivity contribution in [3.63, 3.8) is 0 Å². The zero-order valence-electron chi connectivity index (χ0n) is 14.0. The van der Waals surface area contributed by atoms with Gasteiger partial charge in [0.1, 0.15) is 5.60 Å². The fraction of sp³-hybridized carbons (Fsp3) is 0.556. The van der Waals surface area contributed by atoms with Crippen molar-refractivity contribution < 1.29 is 14.3 Å². The van der Waals surface area contributed by atoms with E-state index < -0.39 is 11.7 Å². The molecule has 1 fully saturated rings. The number of cyclic esters (lactones) is 1. The molecule has 22 heavy (non-hydrogen) atoms. The van der Waals surface area contributed by atoms with Crippen LogP contribution in [0.5, 0.6) is 0 Å². The van der Waals surface area contributed by atoms with E-state index in [-0.39, 0.29) is 23.8 Å². The fourth-order valence-corrected chi connectivity index (χ4v) is 3.38. The molecule has 2 amide bonds. The lowest BCUT2D eigenvalue weighted by atomic mass is 9.88. The van der Waals surface area contributed by atoms with E-state index in [0.29, 0.717) is 6.42 Å². The van der Waals surface area contributed by atoms with Gasteiger partial charge in [0.15, 0.2) is 0 Å². The first-order valence-electron chi connectivity index (χ1n) is 7.84. The van der Waals surface area contributed by atoms with Gasteiger partial charge in [-0.1, -0.05) is 51.1 Å². The highest BCUT2D eigenvalue weighted by Crippen LogP contribution is 2.35. The molecule has 2 rings (SSSR count). The predicted octanol–water partition coefficient (Wildman–Crippen LogP) is 3.65. The summed E-state index contributed by atoms with van der Waals surface area (Å²) < 4.78 is 5.42. The van der Waals surface area contributed by atoms with Crippen molar-refractivity contribution in [3.8, 4) is 0 Å². The number of hydrogen-bond donors (Lipinski definition) is 0. The predicted molar refractivity (Wildman–Crippen MR) is 85.3 cm³/mol. The van der Waals surface area contributed by atoms with E-state index in [1.54, 1.807) is 0 Å². The lowest BCUT2D eigenvalue weighted by Gasteiger charge is -2.32. The van der Waals surface area contributed by atoms with Crippen molar-refractivity contribution in [3.05, 3.63) is 35.9 Å². The minimum absolute atomic E-state index is 0.148. The standard InChI is InChI=1S/C18H25NO3/c1-12(2)15-18(4,5)22-17(21)19(15)16(20)13(3)11-14-9-7-6-8-10-14/h6-10,12-13,15H,11H2,1-5H3. The quantitative estimate of drug-likeness (QED) is 0.853. The summed E-state index contributed by atoms with van der Waals surface area (Å²) in [6.45, 7) is 9.62. The first kappa shape index (κ1) is 16.5. The van der Waals surface area contributed by atoms with E-state index in [2.05, 4.69) is 0 Å². The molecule has 2 unspecified atom stereocenters. The Bertz CT molecular complexity index is 551. The van der Waals surface area contributed by atoms with Crippen LogP contribution in [0.2, 0.25) is 0 Å². The Balaban J connectivity index is 2.18. The minimum atomic E-state index is -0.645. The number of imide groups is 1. The second-order valence-corrected chi connectivity index (χ2v) is 6.96. The highest BCUT2D eigenvalue weighted by Gasteiger charge is 2.52. The summed E-state index contributed by atoms with van der Waals surface area (Å²) in [5.41, 5.74) is 0.448. The summed E-state index contributed by atoms with van der Waals surface area (Å²) in [6, 6.07) is 9.62. The number of hydrogen-bond acceptors (Lipinski definition) is 3. The van der Waals surface area contributed by atoms with Crippen molar-refractivity contribution in [2.24, 2.45) is 11.8 Å². The molecule has 0 bridgehead atoms. The van der Waals surface area contributed by atoms with Gasteiger partial charge >= 0.3 is 6.09 Å². The van der Waals surface area contributed by atoms with Crippen LogP contribution in [0.3, 0.4) is 0 Å². The Morgan fingerprint density at radius 3 is 2.36 bits per heavy atom. The normalized spacial score (nSPS) is 21.8. The topological polar surface area (TPSA) is 46.6 Å². The highest BCUT2D eigenvalue weighted by molar-refractivity contribution is 5.95. The van der Waals surface area contributed by atoms with Gasteiger partial charge in [-0.15, -0.1) is 0 Å². The van der Waals surface area contributed by atoms with Crippen LogP contribution in [0, 0.1) is 11.8 Å². The van der Waals surface area contributed by atoms with E-state index in [4.69, 9.17) is 4.74 Å². The second kappa shape index (κ2) is 6.11. The Hall–Kier alpha value is -1.84. The molecule has 0 aliphatic carbocycles. The second-order valence-electron chi connectivity index (χ2n) is 6.96. The van der Waals surface area contributed by atoms with Gasteiger partial charge in [0.2, 0.25) is 5.91 Å². The van der Waals surface area contributed by atoms with Crippen molar-refractivity contribution in [1.82, 2.24) is 4.90 Å². The maximum Gasteiger partial charge on any atom is 0.417 e. The molecule has 1 heterocycles. The maximum absolute atomic E-state index is 12.8. The van der Waals surface area contributed by atoms with Crippen LogP contribution in [0.15, 0.2) is 30.3 Å². The summed E-state index contributed by atoms with van der Waals surface area (Å²) in [4.78, 5) is 26.3. The Kier molecular flexibility index (Phi) is 4.59. The molecule has 1 aliphatic heterocycles. The largest absolute Gasteiger partial charge is 0.441 e. The van der Waals surface area contributed by atoms with Crippen LogP contribution in [0.1, 0.15) is 40.2 Å². The summed E-state index contributed by atoms with van der Waals surface area (Å²) >= 11 is 0. The van der Waals surface area contributed by atoms with Gasteiger partial charge in [0.25, 0.3) is 0 Å². The molecule has 0 spiro atoms. The highest BCUT2D eigenvalue weighted by atomic mass is 16.6. The number of rotatable bonds is 4. The summed E-state index contributed by atoms with van der Waals surface area (Å²) in [6.07, 6.45) is 0.0999. The third-order valence-electron chi connectivity index (χ3n) is 4.21. The SMILES string of the molecule is CC(Cc1ccccc1)C(=O)N1C(=O)OC(C)(C)C1C(C)C.